The Kier molecular flexibility index (Phi) is 7.66. The highest BCUT2D eigenvalue weighted by Crippen LogP contribution is 2.07. The van der Waals surface area contributed by atoms with Crippen molar-refractivity contribution in [3.05, 3.63) is 12.2 Å². The van der Waals surface area contributed by atoms with Gasteiger partial charge in [-0.2, -0.15) is 0 Å². The summed E-state index contributed by atoms with van der Waals surface area (Å²) in [6, 6.07) is 0. The van der Waals surface area contributed by atoms with Crippen LogP contribution in [0, 0.1) is 5.92 Å². The van der Waals surface area contributed by atoms with Gasteiger partial charge in [-0.1, -0.05) is 39.7 Å². The molecular formula is C12H22O. The van der Waals surface area contributed by atoms with Gasteiger partial charge in [0.1, 0.15) is 0 Å². The number of unbranched alkanes of at least 4 members (excludes halogenated alkanes) is 1. The van der Waals surface area contributed by atoms with E-state index in [1.165, 1.54) is 6.42 Å². The smallest absolute Gasteiger partial charge is 0.155 e. The van der Waals surface area contributed by atoms with Crippen LogP contribution in [0.15, 0.2) is 12.2 Å². The highest BCUT2D eigenvalue weighted by molar-refractivity contribution is 5.89. The highest BCUT2D eigenvalue weighted by atomic mass is 16.1. The van der Waals surface area contributed by atoms with Crippen LogP contribution in [0.5, 0.6) is 0 Å². The van der Waals surface area contributed by atoms with Crippen LogP contribution in [0.4, 0.5) is 0 Å². The minimum absolute atomic E-state index is 0.283. The number of rotatable bonds is 7. The van der Waals surface area contributed by atoms with Crippen molar-refractivity contribution in [2.75, 3.05) is 0 Å². The molecule has 0 aromatic carbocycles. The third-order valence-electron chi connectivity index (χ3n) is 2.32. The molecule has 0 heterocycles. The largest absolute Gasteiger partial charge is 0.295 e. The molecule has 0 spiro atoms. The molecule has 0 aliphatic carbocycles. The summed E-state index contributed by atoms with van der Waals surface area (Å²) < 4.78 is 0. The summed E-state index contributed by atoms with van der Waals surface area (Å²) in [5.74, 6) is 0.986. The van der Waals surface area contributed by atoms with E-state index in [9.17, 15) is 4.79 Å². The number of ketones is 1. The first-order valence-electron chi connectivity index (χ1n) is 5.40. The minimum atomic E-state index is 0.283. The molecule has 1 unspecified atom stereocenters. The highest BCUT2D eigenvalue weighted by Gasteiger charge is 1.96. The van der Waals surface area contributed by atoms with E-state index in [1.807, 2.05) is 6.08 Å². The zero-order valence-electron chi connectivity index (χ0n) is 9.18. The lowest BCUT2D eigenvalue weighted by Gasteiger charge is -2.01. The standard InChI is InChI=1S/C12H22O/c1-4-6-9-12(13)10-7-8-11(3)5-2/h7,10-11H,4-6,8-9H2,1-3H3/b10-7+. The predicted molar refractivity (Wildman–Crippen MR) is 57.7 cm³/mol. The molecule has 0 saturated carbocycles. The van der Waals surface area contributed by atoms with Crippen LogP contribution in [-0.2, 0) is 4.79 Å². The quantitative estimate of drug-likeness (QED) is 0.548. The van der Waals surface area contributed by atoms with Gasteiger partial charge in [-0.25, -0.2) is 0 Å². The van der Waals surface area contributed by atoms with Crippen LogP contribution in [0.3, 0.4) is 0 Å². The molecule has 0 radical (unpaired) electrons. The fourth-order valence-electron chi connectivity index (χ4n) is 1.03. The Hall–Kier alpha value is -0.590. The number of allylic oxidation sites excluding steroid dienone is 2. The van der Waals surface area contributed by atoms with E-state index in [0.717, 1.165) is 19.3 Å². The zero-order valence-corrected chi connectivity index (χ0v) is 9.18. The minimum Gasteiger partial charge on any atom is -0.295 e. The van der Waals surface area contributed by atoms with Crippen molar-refractivity contribution in [1.82, 2.24) is 0 Å². The van der Waals surface area contributed by atoms with Crippen molar-refractivity contribution in [2.24, 2.45) is 5.92 Å². The van der Waals surface area contributed by atoms with Gasteiger partial charge >= 0.3 is 0 Å². The first-order chi connectivity index (χ1) is 6.20. The molecule has 0 fully saturated rings. The molecule has 0 rings (SSSR count). The van der Waals surface area contributed by atoms with E-state index in [1.54, 1.807) is 6.08 Å². The Bertz CT molecular complexity index is 159. The topological polar surface area (TPSA) is 17.1 Å². The lowest BCUT2D eigenvalue weighted by atomic mass is 10.0. The normalized spacial score (nSPS) is 13.5. The SMILES string of the molecule is CCCCC(=O)/C=C/CC(C)CC. The number of carbonyl (C=O) groups is 1. The zero-order chi connectivity index (χ0) is 10.1. The van der Waals surface area contributed by atoms with E-state index < -0.39 is 0 Å². The summed E-state index contributed by atoms with van der Waals surface area (Å²) in [4.78, 5) is 11.2. The van der Waals surface area contributed by atoms with E-state index in [-0.39, 0.29) is 5.78 Å². The van der Waals surface area contributed by atoms with Gasteiger partial charge in [0.2, 0.25) is 0 Å². The molecule has 0 aliphatic heterocycles. The average Bonchev–Trinajstić information content (AvgIpc) is 2.14. The van der Waals surface area contributed by atoms with Crippen LogP contribution in [0.1, 0.15) is 52.9 Å². The second kappa shape index (κ2) is 8.03. The molecular weight excluding hydrogens is 160 g/mol. The second-order valence-corrected chi connectivity index (χ2v) is 3.72. The second-order valence-electron chi connectivity index (χ2n) is 3.72. The summed E-state index contributed by atoms with van der Waals surface area (Å²) in [7, 11) is 0. The van der Waals surface area contributed by atoms with E-state index in [4.69, 9.17) is 0 Å². The fraction of sp³-hybridized carbons (Fsp3) is 0.750. The summed E-state index contributed by atoms with van der Waals surface area (Å²) in [5.41, 5.74) is 0. The molecule has 76 valence electrons. The van der Waals surface area contributed by atoms with Gasteiger partial charge in [-0.05, 0) is 24.8 Å². The van der Waals surface area contributed by atoms with Crippen LogP contribution >= 0.6 is 0 Å². The van der Waals surface area contributed by atoms with Gasteiger partial charge in [0.15, 0.2) is 5.78 Å². The average molecular weight is 182 g/mol. The summed E-state index contributed by atoms with van der Waals surface area (Å²) in [6.45, 7) is 6.49. The van der Waals surface area contributed by atoms with Crippen LogP contribution < -0.4 is 0 Å². The molecule has 0 aliphatic rings. The summed E-state index contributed by atoms with van der Waals surface area (Å²) in [5, 5.41) is 0. The lowest BCUT2D eigenvalue weighted by molar-refractivity contribution is -0.114. The first kappa shape index (κ1) is 12.4. The number of hydrogen-bond donors (Lipinski definition) is 0. The van der Waals surface area contributed by atoms with E-state index in [2.05, 4.69) is 20.8 Å². The van der Waals surface area contributed by atoms with Gasteiger partial charge in [0.25, 0.3) is 0 Å². The molecule has 0 amide bonds. The first-order valence-corrected chi connectivity index (χ1v) is 5.40. The van der Waals surface area contributed by atoms with Crippen LogP contribution in [-0.4, -0.2) is 5.78 Å². The maximum Gasteiger partial charge on any atom is 0.155 e. The third kappa shape index (κ3) is 7.76. The Morgan fingerprint density at radius 2 is 2.08 bits per heavy atom. The third-order valence-corrected chi connectivity index (χ3v) is 2.32. The number of hydrogen-bond acceptors (Lipinski definition) is 1. The Morgan fingerprint density at radius 1 is 1.38 bits per heavy atom. The maximum atomic E-state index is 11.2. The molecule has 1 atom stereocenters. The maximum absolute atomic E-state index is 11.2. The van der Waals surface area contributed by atoms with Crippen molar-refractivity contribution in [2.45, 2.75) is 52.9 Å². The molecule has 0 aromatic rings. The van der Waals surface area contributed by atoms with Crippen molar-refractivity contribution < 1.29 is 4.79 Å². The van der Waals surface area contributed by atoms with Crippen molar-refractivity contribution >= 4 is 5.78 Å². The predicted octanol–water partition coefficient (Wildman–Crippen LogP) is 3.74. The molecule has 1 heteroatoms. The van der Waals surface area contributed by atoms with E-state index in [0.29, 0.717) is 12.3 Å². The van der Waals surface area contributed by atoms with Crippen LogP contribution in [0.2, 0.25) is 0 Å². The molecule has 13 heavy (non-hydrogen) atoms. The van der Waals surface area contributed by atoms with Gasteiger partial charge in [-0.15, -0.1) is 0 Å². The van der Waals surface area contributed by atoms with Gasteiger partial charge < -0.3 is 0 Å². The molecule has 0 N–H and O–H groups in total. The molecule has 1 nitrogen and oxygen atoms in total. The van der Waals surface area contributed by atoms with Crippen molar-refractivity contribution in [3.63, 3.8) is 0 Å². The number of carbonyl (C=O) groups excluding carboxylic acids is 1. The molecule has 0 aromatic heterocycles. The lowest BCUT2D eigenvalue weighted by Crippen LogP contribution is -1.93. The fourth-order valence-corrected chi connectivity index (χ4v) is 1.03. The summed E-state index contributed by atoms with van der Waals surface area (Å²) >= 11 is 0. The Labute approximate surface area is 82.2 Å². The Balaban J connectivity index is 3.53. The van der Waals surface area contributed by atoms with Gasteiger partial charge in [0, 0.05) is 6.42 Å². The monoisotopic (exact) mass is 182 g/mol. The Morgan fingerprint density at radius 3 is 2.62 bits per heavy atom. The van der Waals surface area contributed by atoms with Crippen LogP contribution in [0.25, 0.3) is 0 Å². The molecule has 0 saturated heterocycles. The van der Waals surface area contributed by atoms with Crippen molar-refractivity contribution in [3.8, 4) is 0 Å². The summed E-state index contributed by atoms with van der Waals surface area (Å²) in [6.07, 6.45) is 8.83. The molecule has 0 bridgehead atoms. The van der Waals surface area contributed by atoms with Gasteiger partial charge in [0.05, 0.1) is 0 Å². The van der Waals surface area contributed by atoms with Crippen molar-refractivity contribution in [1.29, 1.82) is 0 Å². The van der Waals surface area contributed by atoms with Gasteiger partial charge in [-0.3, -0.25) is 4.79 Å². The van der Waals surface area contributed by atoms with E-state index >= 15 is 0 Å².